The average molecular weight is 366 g/mol. The molecular formula is C19H19FN6O. The lowest BCUT2D eigenvalue weighted by molar-refractivity contribution is 0.0740. The van der Waals surface area contributed by atoms with Crippen LogP contribution in [0.25, 0.3) is 5.69 Å². The SMILES string of the molecule is Cc1cc(C(=O)N2CCN(c3ncccn3)CC2)nn1-c1ccccc1F. The van der Waals surface area contributed by atoms with E-state index in [1.165, 1.54) is 10.7 Å². The molecule has 0 radical (unpaired) electrons. The van der Waals surface area contributed by atoms with Gasteiger partial charge in [0.05, 0.1) is 0 Å². The maximum Gasteiger partial charge on any atom is 0.274 e. The summed E-state index contributed by atoms with van der Waals surface area (Å²) in [6.45, 7) is 4.23. The van der Waals surface area contributed by atoms with Crippen LogP contribution in [0.5, 0.6) is 0 Å². The Morgan fingerprint density at radius 2 is 1.74 bits per heavy atom. The quantitative estimate of drug-likeness (QED) is 0.710. The second-order valence-electron chi connectivity index (χ2n) is 6.36. The fourth-order valence-electron chi connectivity index (χ4n) is 3.17. The number of carbonyl (C=O) groups is 1. The summed E-state index contributed by atoms with van der Waals surface area (Å²) in [5.74, 6) is 0.144. The molecule has 7 nitrogen and oxygen atoms in total. The molecule has 0 atom stereocenters. The molecule has 138 valence electrons. The van der Waals surface area contributed by atoms with Crippen molar-refractivity contribution in [3.63, 3.8) is 0 Å². The first kappa shape index (κ1) is 17.1. The van der Waals surface area contributed by atoms with E-state index in [1.54, 1.807) is 54.5 Å². The molecule has 1 aliphatic rings. The standard InChI is InChI=1S/C19H19FN6O/c1-14-13-16(23-26(14)17-6-3-2-5-15(17)20)18(27)24-9-11-25(12-10-24)19-21-7-4-8-22-19/h2-8,13H,9-12H2,1H3. The molecule has 0 aliphatic carbocycles. The first-order valence-electron chi connectivity index (χ1n) is 8.76. The summed E-state index contributed by atoms with van der Waals surface area (Å²) >= 11 is 0. The monoisotopic (exact) mass is 366 g/mol. The van der Waals surface area contributed by atoms with Crippen molar-refractivity contribution >= 4 is 11.9 Å². The lowest BCUT2D eigenvalue weighted by Crippen LogP contribution is -2.49. The predicted octanol–water partition coefficient (Wildman–Crippen LogP) is 2.07. The number of piperazine rings is 1. The van der Waals surface area contributed by atoms with Gasteiger partial charge in [-0.05, 0) is 31.2 Å². The van der Waals surface area contributed by atoms with E-state index in [-0.39, 0.29) is 11.7 Å². The van der Waals surface area contributed by atoms with Crippen LogP contribution in [0, 0.1) is 12.7 Å². The fraction of sp³-hybridized carbons (Fsp3) is 0.263. The molecule has 1 fully saturated rings. The molecule has 1 amide bonds. The highest BCUT2D eigenvalue weighted by Gasteiger charge is 2.25. The molecule has 3 aromatic rings. The number of nitrogens with zero attached hydrogens (tertiary/aromatic N) is 6. The van der Waals surface area contributed by atoms with Crippen molar-refractivity contribution in [2.75, 3.05) is 31.1 Å². The number of hydrogen-bond acceptors (Lipinski definition) is 5. The van der Waals surface area contributed by atoms with Gasteiger partial charge in [0.2, 0.25) is 5.95 Å². The van der Waals surface area contributed by atoms with Crippen molar-refractivity contribution in [1.29, 1.82) is 0 Å². The Hall–Kier alpha value is -3.29. The second kappa shape index (κ2) is 7.14. The summed E-state index contributed by atoms with van der Waals surface area (Å²) < 4.78 is 15.5. The highest BCUT2D eigenvalue weighted by Crippen LogP contribution is 2.17. The van der Waals surface area contributed by atoms with E-state index in [4.69, 9.17) is 0 Å². The minimum atomic E-state index is -0.376. The molecule has 27 heavy (non-hydrogen) atoms. The number of para-hydroxylation sites is 1. The van der Waals surface area contributed by atoms with Gasteiger partial charge in [-0.3, -0.25) is 4.79 Å². The number of benzene rings is 1. The van der Waals surface area contributed by atoms with Gasteiger partial charge in [-0.2, -0.15) is 5.10 Å². The van der Waals surface area contributed by atoms with E-state index < -0.39 is 0 Å². The molecule has 4 rings (SSSR count). The normalized spacial score (nSPS) is 14.4. The van der Waals surface area contributed by atoms with Gasteiger partial charge < -0.3 is 9.80 Å². The fourth-order valence-corrected chi connectivity index (χ4v) is 3.17. The van der Waals surface area contributed by atoms with Crippen LogP contribution in [0.3, 0.4) is 0 Å². The third-order valence-electron chi connectivity index (χ3n) is 4.59. The molecule has 1 aromatic carbocycles. The molecule has 0 bridgehead atoms. The van der Waals surface area contributed by atoms with Crippen LogP contribution in [-0.2, 0) is 0 Å². The van der Waals surface area contributed by atoms with Gasteiger partial charge in [0, 0.05) is 44.3 Å². The summed E-state index contributed by atoms with van der Waals surface area (Å²) in [5, 5.41) is 4.34. The number of carbonyl (C=O) groups excluding carboxylic acids is 1. The largest absolute Gasteiger partial charge is 0.337 e. The number of hydrogen-bond donors (Lipinski definition) is 0. The Labute approximate surface area is 156 Å². The Bertz CT molecular complexity index is 950. The Morgan fingerprint density at radius 3 is 2.44 bits per heavy atom. The molecule has 8 heteroatoms. The van der Waals surface area contributed by atoms with E-state index in [1.807, 2.05) is 4.90 Å². The Kier molecular flexibility index (Phi) is 4.53. The molecule has 1 saturated heterocycles. The first-order valence-corrected chi connectivity index (χ1v) is 8.76. The van der Waals surface area contributed by atoms with Crippen LogP contribution in [-0.4, -0.2) is 56.7 Å². The van der Waals surface area contributed by atoms with Crippen LogP contribution < -0.4 is 4.90 Å². The molecule has 0 unspecified atom stereocenters. The van der Waals surface area contributed by atoms with E-state index in [0.717, 1.165) is 0 Å². The number of rotatable bonds is 3. The second-order valence-corrected chi connectivity index (χ2v) is 6.36. The number of amides is 1. The first-order chi connectivity index (χ1) is 13.1. The highest BCUT2D eigenvalue weighted by molar-refractivity contribution is 5.92. The van der Waals surface area contributed by atoms with Crippen molar-refractivity contribution in [3.8, 4) is 5.69 Å². The Morgan fingerprint density at radius 1 is 1.04 bits per heavy atom. The van der Waals surface area contributed by atoms with E-state index >= 15 is 0 Å². The molecule has 2 aromatic heterocycles. The average Bonchev–Trinajstić information content (AvgIpc) is 3.10. The van der Waals surface area contributed by atoms with Gasteiger partial charge in [0.15, 0.2) is 5.69 Å². The summed E-state index contributed by atoms with van der Waals surface area (Å²) in [4.78, 5) is 25.1. The van der Waals surface area contributed by atoms with Crippen LogP contribution in [0.1, 0.15) is 16.2 Å². The smallest absolute Gasteiger partial charge is 0.274 e. The molecule has 0 saturated carbocycles. The van der Waals surface area contributed by atoms with Crippen molar-refractivity contribution in [1.82, 2.24) is 24.6 Å². The van der Waals surface area contributed by atoms with Gasteiger partial charge in [-0.25, -0.2) is 19.0 Å². The summed E-state index contributed by atoms with van der Waals surface area (Å²) in [6, 6.07) is 9.86. The van der Waals surface area contributed by atoms with E-state index in [9.17, 15) is 9.18 Å². The van der Waals surface area contributed by atoms with Crippen LogP contribution >= 0.6 is 0 Å². The molecule has 0 spiro atoms. The third-order valence-corrected chi connectivity index (χ3v) is 4.59. The van der Waals surface area contributed by atoms with Gasteiger partial charge in [0.1, 0.15) is 11.5 Å². The van der Waals surface area contributed by atoms with Crippen molar-refractivity contribution in [2.24, 2.45) is 0 Å². The zero-order valence-electron chi connectivity index (χ0n) is 14.9. The van der Waals surface area contributed by atoms with Gasteiger partial charge >= 0.3 is 0 Å². The minimum Gasteiger partial charge on any atom is -0.337 e. The topological polar surface area (TPSA) is 67.2 Å². The van der Waals surface area contributed by atoms with Gasteiger partial charge in [-0.1, -0.05) is 12.1 Å². The number of aryl methyl sites for hydroxylation is 1. The number of anilines is 1. The van der Waals surface area contributed by atoms with Crippen molar-refractivity contribution in [2.45, 2.75) is 6.92 Å². The highest BCUT2D eigenvalue weighted by atomic mass is 19.1. The number of halogens is 1. The third kappa shape index (κ3) is 3.38. The predicted molar refractivity (Wildman–Crippen MR) is 98.4 cm³/mol. The lowest BCUT2D eigenvalue weighted by atomic mass is 10.2. The van der Waals surface area contributed by atoms with Crippen molar-refractivity contribution in [3.05, 3.63) is 66.0 Å². The summed E-state index contributed by atoms with van der Waals surface area (Å²) in [5.41, 5.74) is 1.36. The van der Waals surface area contributed by atoms with Crippen LogP contribution in [0.2, 0.25) is 0 Å². The minimum absolute atomic E-state index is 0.151. The number of aromatic nitrogens is 4. The Balaban J connectivity index is 1.48. The maximum absolute atomic E-state index is 14.1. The maximum atomic E-state index is 14.1. The molecule has 3 heterocycles. The van der Waals surface area contributed by atoms with E-state index in [0.29, 0.717) is 49.2 Å². The van der Waals surface area contributed by atoms with Crippen LogP contribution in [0.4, 0.5) is 10.3 Å². The molecule has 0 N–H and O–H groups in total. The van der Waals surface area contributed by atoms with Gasteiger partial charge in [0.25, 0.3) is 5.91 Å². The van der Waals surface area contributed by atoms with Crippen LogP contribution in [0.15, 0.2) is 48.8 Å². The molecular weight excluding hydrogens is 347 g/mol. The van der Waals surface area contributed by atoms with Crippen molar-refractivity contribution < 1.29 is 9.18 Å². The zero-order valence-corrected chi connectivity index (χ0v) is 14.9. The lowest BCUT2D eigenvalue weighted by Gasteiger charge is -2.34. The summed E-state index contributed by atoms with van der Waals surface area (Å²) in [7, 11) is 0. The summed E-state index contributed by atoms with van der Waals surface area (Å²) in [6.07, 6.45) is 3.41. The van der Waals surface area contributed by atoms with E-state index in [2.05, 4.69) is 15.1 Å². The van der Waals surface area contributed by atoms with Gasteiger partial charge in [-0.15, -0.1) is 0 Å². The molecule has 1 aliphatic heterocycles. The zero-order chi connectivity index (χ0) is 18.8.